The minimum absolute atomic E-state index is 0.0343. The molecule has 2 amide bonds. The van der Waals surface area contributed by atoms with E-state index < -0.39 is 11.8 Å². The summed E-state index contributed by atoms with van der Waals surface area (Å²) in [5.41, 5.74) is 6.02. The first-order valence-electron chi connectivity index (χ1n) is 10.3. The van der Waals surface area contributed by atoms with E-state index >= 15 is 0 Å². The van der Waals surface area contributed by atoms with Crippen molar-refractivity contribution in [3.63, 3.8) is 0 Å². The fourth-order valence-corrected chi connectivity index (χ4v) is 2.98. The maximum absolute atomic E-state index is 12.9. The SMILES string of the molecule is Cc1ccc(O)c(/C=N\NC(=O)/C(=C/c2ccc(N(C)C)cc2)NC(=O)c2ccccc2)c1. The summed E-state index contributed by atoms with van der Waals surface area (Å²) in [5, 5.41) is 16.5. The zero-order valence-corrected chi connectivity index (χ0v) is 18.7. The molecule has 0 heterocycles. The molecule has 0 bridgehead atoms. The number of aryl methyl sites for hydroxylation is 1. The predicted molar refractivity (Wildman–Crippen MR) is 131 cm³/mol. The molecule has 0 aliphatic carbocycles. The van der Waals surface area contributed by atoms with Crippen molar-refractivity contribution in [2.24, 2.45) is 5.10 Å². The van der Waals surface area contributed by atoms with Gasteiger partial charge in [-0.2, -0.15) is 5.10 Å². The van der Waals surface area contributed by atoms with Crippen LogP contribution in [0, 0.1) is 6.92 Å². The lowest BCUT2D eigenvalue weighted by Crippen LogP contribution is -2.32. The van der Waals surface area contributed by atoms with Gasteiger partial charge in [0.2, 0.25) is 0 Å². The number of rotatable bonds is 7. The van der Waals surface area contributed by atoms with E-state index in [0.717, 1.165) is 16.8 Å². The van der Waals surface area contributed by atoms with E-state index in [4.69, 9.17) is 0 Å². The third-order valence-corrected chi connectivity index (χ3v) is 4.80. The summed E-state index contributed by atoms with van der Waals surface area (Å²) < 4.78 is 0. The molecule has 0 saturated heterocycles. The van der Waals surface area contributed by atoms with Crippen molar-refractivity contribution in [3.05, 3.63) is 101 Å². The Morgan fingerprint density at radius 1 is 0.970 bits per heavy atom. The second-order valence-electron chi connectivity index (χ2n) is 7.63. The molecule has 0 atom stereocenters. The van der Waals surface area contributed by atoms with Gasteiger partial charge in [0, 0.05) is 30.9 Å². The zero-order valence-electron chi connectivity index (χ0n) is 18.7. The Hall–Kier alpha value is -4.39. The van der Waals surface area contributed by atoms with Gasteiger partial charge in [0.15, 0.2) is 0 Å². The quantitative estimate of drug-likeness (QED) is 0.296. The molecule has 0 aliphatic heterocycles. The second kappa shape index (κ2) is 10.8. The fraction of sp³-hybridized carbons (Fsp3) is 0.115. The highest BCUT2D eigenvalue weighted by Crippen LogP contribution is 2.16. The Labute approximate surface area is 193 Å². The number of nitrogens with zero attached hydrogens (tertiary/aromatic N) is 2. The van der Waals surface area contributed by atoms with Crippen LogP contribution in [0.4, 0.5) is 5.69 Å². The average molecular weight is 443 g/mol. The highest BCUT2D eigenvalue weighted by atomic mass is 16.3. The molecule has 0 fully saturated rings. The molecule has 0 saturated carbocycles. The summed E-state index contributed by atoms with van der Waals surface area (Å²) in [6.45, 7) is 1.89. The number of hydrazone groups is 1. The number of benzene rings is 3. The normalized spacial score (nSPS) is 11.3. The van der Waals surface area contributed by atoms with E-state index in [0.29, 0.717) is 11.1 Å². The number of hydrogen-bond donors (Lipinski definition) is 3. The standard InChI is InChI=1S/C26H26N4O3/c1-18-9-14-24(31)21(15-18)17-27-29-26(33)23(28-25(32)20-7-5-4-6-8-20)16-19-10-12-22(13-11-19)30(2)3/h4-17,31H,1-3H3,(H,28,32)(H,29,33)/b23-16-,27-17-. The Balaban J connectivity index is 1.83. The van der Waals surface area contributed by atoms with Crippen molar-refractivity contribution in [1.82, 2.24) is 10.7 Å². The molecule has 0 unspecified atom stereocenters. The smallest absolute Gasteiger partial charge is 0.287 e. The summed E-state index contributed by atoms with van der Waals surface area (Å²) in [5.74, 6) is -0.964. The second-order valence-corrected chi connectivity index (χ2v) is 7.63. The zero-order chi connectivity index (χ0) is 23.8. The summed E-state index contributed by atoms with van der Waals surface area (Å²) in [4.78, 5) is 27.5. The van der Waals surface area contributed by atoms with Gasteiger partial charge < -0.3 is 15.3 Å². The fourth-order valence-electron chi connectivity index (χ4n) is 2.98. The van der Waals surface area contributed by atoms with Gasteiger partial charge >= 0.3 is 0 Å². The van der Waals surface area contributed by atoms with Crippen LogP contribution < -0.4 is 15.6 Å². The van der Waals surface area contributed by atoms with Crippen LogP contribution >= 0.6 is 0 Å². The molecular weight excluding hydrogens is 416 g/mol. The van der Waals surface area contributed by atoms with Gasteiger partial charge in [0.1, 0.15) is 11.4 Å². The molecular formula is C26H26N4O3. The highest BCUT2D eigenvalue weighted by molar-refractivity contribution is 6.05. The van der Waals surface area contributed by atoms with Gasteiger partial charge in [-0.25, -0.2) is 5.43 Å². The third-order valence-electron chi connectivity index (χ3n) is 4.80. The van der Waals surface area contributed by atoms with Crippen molar-refractivity contribution in [3.8, 4) is 5.75 Å². The van der Waals surface area contributed by atoms with E-state index in [1.807, 2.05) is 56.3 Å². The van der Waals surface area contributed by atoms with E-state index in [9.17, 15) is 14.7 Å². The molecule has 3 rings (SSSR count). The van der Waals surface area contributed by atoms with Crippen LogP contribution in [-0.2, 0) is 4.79 Å². The summed E-state index contributed by atoms with van der Waals surface area (Å²) >= 11 is 0. The van der Waals surface area contributed by atoms with Crippen LogP contribution in [0.5, 0.6) is 5.75 Å². The lowest BCUT2D eigenvalue weighted by atomic mass is 10.1. The Bertz CT molecular complexity index is 1180. The van der Waals surface area contributed by atoms with E-state index in [1.165, 1.54) is 6.21 Å². The molecule has 7 nitrogen and oxygen atoms in total. The Morgan fingerprint density at radius 2 is 1.67 bits per heavy atom. The lowest BCUT2D eigenvalue weighted by Gasteiger charge is -2.12. The van der Waals surface area contributed by atoms with Crippen LogP contribution in [0.25, 0.3) is 6.08 Å². The maximum Gasteiger partial charge on any atom is 0.287 e. The molecule has 3 aromatic rings. The van der Waals surface area contributed by atoms with E-state index in [1.54, 1.807) is 48.5 Å². The first-order valence-corrected chi connectivity index (χ1v) is 10.3. The van der Waals surface area contributed by atoms with Gasteiger partial charge in [0.05, 0.1) is 6.21 Å². The number of hydrogen-bond acceptors (Lipinski definition) is 5. The number of carbonyl (C=O) groups is 2. The molecule has 3 N–H and O–H groups in total. The number of nitrogens with one attached hydrogen (secondary N) is 2. The lowest BCUT2D eigenvalue weighted by molar-refractivity contribution is -0.117. The van der Waals surface area contributed by atoms with Crippen LogP contribution in [0.1, 0.15) is 27.0 Å². The van der Waals surface area contributed by atoms with Crippen LogP contribution in [0.2, 0.25) is 0 Å². The monoisotopic (exact) mass is 442 g/mol. The van der Waals surface area contributed by atoms with E-state index in [2.05, 4.69) is 15.8 Å². The maximum atomic E-state index is 12.9. The van der Waals surface area contributed by atoms with Crippen LogP contribution in [0.3, 0.4) is 0 Å². The number of amides is 2. The number of aromatic hydroxyl groups is 1. The molecule has 0 aliphatic rings. The minimum atomic E-state index is -0.598. The first-order chi connectivity index (χ1) is 15.8. The third kappa shape index (κ3) is 6.54. The first kappa shape index (κ1) is 23.3. The average Bonchev–Trinajstić information content (AvgIpc) is 2.81. The van der Waals surface area contributed by atoms with Gasteiger partial charge in [-0.1, -0.05) is 42.0 Å². The van der Waals surface area contributed by atoms with Crippen molar-refractivity contribution in [2.45, 2.75) is 6.92 Å². The molecule has 7 heteroatoms. The largest absolute Gasteiger partial charge is 0.507 e. The molecule has 33 heavy (non-hydrogen) atoms. The number of anilines is 1. The van der Waals surface area contributed by atoms with Gasteiger partial charge in [0.25, 0.3) is 11.8 Å². The number of phenolic OH excluding ortho intramolecular Hbond substituents is 1. The van der Waals surface area contributed by atoms with Crippen molar-refractivity contribution < 1.29 is 14.7 Å². The number of phenols is 1. The Kier molecular flexibility index (Phi) is 7.60. The van der Waals surface area contributed by atoms with Gasteiger partial charge in [-0.3, -0.25) is 9.59 Å². The molecule has 168 valence electrons. The minimum Gasteiger partial charge on any atom is -0.507 e. The molecule has 0 radical (unpaired) electrons. The highest BCUT2D eigenvalue weighted by Gasteiger charge is 2.14. The van der Waals surface area contributed by atoms with Crippen LogP contribution in [0.15, 0.2) is 83.6 Å². The summed E-state index contributed by atoms with van der Waals surface area (Å²) in [6, 6.07) is 21.2. The predicted octanol–water partition coefficient (Wildman–Crippen LogP) is 3.69. The van der Waals surface area contributed by atoms with Gasteiger partial charge in [-0.15, -0.1) is 0 Å². The van der Waals surface area contributed by atoms with E-state index in [-0.39, 0.29) is 11.4 Å². The topological polar surface area (TPSA) is 94.0 Å². The number of carbonyl (C=O) groups excluding carboxylic acids is 2. The van der Waals surface area contributed by atoms with Crippen molar-refractivity contribution in [2.75, 3.05) is 19.0 Å². The van der Waals surface area contributed by atoms with Gasteiger partial charge in [-0.05, 0) is 55.0 Å². The summed E-state index contributed by atoms with van der Waals surface area (Å²) in [6.07, 6.45) is 2.93. The van der Waals surface area contributed by atoms with Crippen molar-refractivity contribution in [1.29, 1.82) is 0 Å². The Morgan fingerprint density at radius 3 is 2.33 bits per heavy atom. The van der Waals surface area contributed by atoms with Crippen molar-refractivity contribution >= 4 is 29.8 Å². The molecule has 3 aromatic carbocycles. The molecule has 0 spiro atoms. The van der Waals surface area contributed by atoms with Crippen LogP contribution in [-0.4, -0.2) is 37.2 Å². The molecule has 0 aromatic heterocycles. The summed E-state index contributed by atoms with van der Waals surface area (Å²) in [7, 11) is 3.88.